The molecule has 2 nitrogen and oxygen atoms in total. The van der Waals surface area contributed by atoms with Crippen molar-refractivity contribution in [1.82, 2.24) is 0 Å². The molecule has 2 aromatic rings. The zero-order valence-corrected chi connectivity index (χ0v) is 13.2. The second-order valence-corrected chi connectivity index (χ2v) is 5.61. The molecule has 2 N–H and O–H groups in total. The lowest BCUT2D eigenvalue weighted by molar-refractivity contribution is 0.602. The molecule has 0 aliphatic heterocycles. The van der Waals surface area contributed by atoms with Gasteiger partial charge in [0.15, 0.2) is 0 Å². The Morgan fingerprint density at radius 3 is 2.29 bits per heavy atom. The molecule has 0 aromatic heterocycles. The molecule has 2 rings (SSSR count). The summed E-state index contributed by atoms with van der Waals surface area (Å²) in [6.07, 6.45) is 0. The predicted molar refractivity (Wildman–Crippen MR) is 87.3 cm³/mol. The second kappa shape index (κ2) is 6.27. The largest absolute Gasteiger partial charge is 0.364 e. The van der Waals surface area contributed by atoms with Gasteiger partial charge in [-0.15, -0.1) is 0 Å². The van der Waals surface area contributed by atoms with Crippen LogP contribution in [-0.4, -0.2) is 13.6 Å². The Hall–Kier alpha value is -1.87. The third kappa shape index (κ3) is 3.08. The standard InChI is InChI=1S/C18H23FN2/c1-12-9-14(3)15(10-13(12)2)18(11-20)21(4)17-8-6-5-7-16(17)19/h5-10,18H,11,20H2,1-4H3. The van der Waals surface area contributed by atoms with Gasteiger partial charge >= 0.3 is 0 Å². The molecule has 0 spiro atoms. The summed E-state index contributed by atoms with van der Waals surface area (Å²) in [5.74, 6) is -0.222. The number of rotatable bonds is 4. The van der Waals surface area contributed by atoms with Gasteiger partial charge in [0, 0.05) is 13.6 Å². The van der Waals surface area contributed by atoms with Crippen LogP contribution in [-0.2, 0) is 0 Å². The molecule has 0 aliphatic rings. The van der Waals surface area contributed by atoms with Crippen LogP contribution >= 0.6 is 0 Å². The molecule has 0 saturated carbocycles. The van der Waals surface area contributed by atoms with Gasteiger partial charge in [0.1, 0.15) is 5.82 Å². The van der Waals surface area contributed by atoms with Crippen LogP contribution in [0.2, 0.25) is 0 Å². The summed E-state index contributed by atoms with van der Waals surface area (Å²) >= 11 is 0. The van der Waals surface area contributed by atoms with Gasteiger partial charge in [-0.05, 0) is 55.2 Å². The van der Waals surface area contributed by atoms with Crippen LogP contribution in [0.15, 0.2) is 36.4 Å². The van der Waals surface area contributed by atoms with Crippen LogP contribution < -0.4 is 10.6 Å². The lowest BCUT2D eigenvalue weighted by Crippen LogP contribution is -2.31. The van der Waals surface area contributed by atoms with Crippen LogP contribution in [0, 0.1) is 26.6 Å². The van der Waals surface area contributed by atoms with Crippen LogP contribution in [0.1, 0.15) is 28.3 Å². The number of hydrogen-bond donors (Lipinski definition) is 1. The molecular weight excluding hydrogens is 263 g/mol. The normalized spacial score (nSPS) is 12.3. The first-order chi connectivity index (χ1) is 9.95. The minimum Gasteiger partial charge on any atom is -0.364 e. The third-order valence-electron chi connectivity index (χ3n) is 4.16. The number of likely N-dealkylation sites (N-methyl/N-ethyl adjacent to an activating group) is 1. The maximum atomic E-state index is 14.0. The quantitative estimate of drug-likeness (QED) is 0.924. The van der Waals surface area contributed by atoms with Gasteiger partial charge in [0.2, 0.25) is 0 Å². The molecule has 3 heteroatoms. The van der Waals surface area contributed by atoms with E-state index in [4.69, 9.17) is 5.73 Å². The van der Waals surface area contributed by atoms with Crippen molar-refractivity contribution >= 4 is 5.69 Å². The Bertz CT molecular complexity index is 637. The summed E-state index contributed by atoms with van der Waals surface area (Å²) < 4.78 is 14.0. The van der Waals surface area contributed by atoms with Gasteiger partial charge in [-0.1, -0.05) is 24.3 Å². The Morgan fingerprint density at radius 2 is 1.67 bits per heavy atom. The summed E-state index contributed by atoms with van der Waals surface area (Å²) in [6, 6.07) is 11.1. The van der Waals surface area contributed by atoms with E-state index in [-0.39, 0.29) is 11.9 Å². The third-order valence-corrected chi connectivity index (χ3v) is 4.16. The van der Waals surface area contributed by atoms with Crippen molar-refractivity contribution in [3.05, 3.63) is 64.5 Å². The minimum absolute atomic E-state index is 0.0406. The fourth-order valence-corrected chi connectivity index (χ4v) is 2.74. The Labute approximate surface area is 126 Å². The van der Waals surface area contributed by atoms with E-state index in [1.807, 2.05) is 18.0 Å². The van der Waals surface area contributed by atoms with Crippen molar-refractivity contribution in [1.29, 1.82) is 0 Å². The van der Waals surface area contributed by atoms with E-state index in [1.54, 1.807) is 12.1 Å². The Morgan fingerprint density at radius 1 is 1.05 bits per heavy atom. The number of hydrogen-bond acceptors (Lipinski definition) is 2. The lowest BCUT2D eigenvalue weighted by Gasteiger charge is -2.31. The molecule has 21 heavy (non-hydrogen) atoms. The van der Waals surface area contributed by atoms with Crippen LogP contribution in [0.4, 0.5) is 10.1 Å². The van der Waals surface area contributed by atoms with E-state index in [0.29, 0.717) is 12.2 Å². The van der Waals surface area contributed by atoms with E-state index in [0.717, 1.165) is 5.56 Å². The van der Waals surface area contributed by atoms with Crippen molar-refractivity contribution in [3.8, 4) is 0 Å². The van der Waals surface area contributed by atoms with Crippen molar-refractivity contribution < 1.29 is 4.39 Å². The first kappa shape index (κ1) is 15.5. The van der Waals surface area contributed by atoms with Crippen molar-refractivity contribution in [2.45, 2.75) is 26.8 Å². The van der Waals surface area contributed by atoms with E-state index in [1.165, 1.54) is 22.8 Å². The number of nitrogens with zero attached hydrogens (tertiary/aromatic N) is 1. The van der Waals surface area contributed by atoms with E-state index in [2.05, 4.69) is 32.9 Å². The number of aryl methyl sites for hydroxylation is 3. The average Bonchev–Trinajstić information content (AvgIpc) is 2.45. The highest BCUT2D eigenvalue weighted by Gasteiger charge is 2.20. The lowest BCUT2D eigenvalue weighted by atomic mass is 9.94. The second-order valence-electron chi connectivity index (χ2n) is 5.61. The maximum Gasteiger partial charge on any atom is 0.146 e. The monoisotopic (exact) mass is 286 g/mol. The highest BCUT2D eigenvalue weighted by atomic mass is 19.1. The predicted octanol–water partition coefficient (Wildman–Crippen LogP) is 3.89. The Balaban J connectivity index is 2.45. The first-order valence-corrected chi connectivity index (χ1v) is 7.21. The van der Waals surface area contributed by atoms with E-state index < -0.39 is 0 Å². The molecule has 1 unspecified atom stereocenters. The maximum absolute atomic E-state index is 14.0. The van der Waals surface area contributed by atoms with Crippen molar-refractivity contribution in [2.24, 2.45) is 5.73 Å². The molecule has 0 amide bonds. The minimum atomic E-state index is -0.222. The van der Waals surface area contributed by atoms with Crippen molar-refractivity contribution in [3.63, 3.8) is 0 Å². The van der Waals surface area contributed by atoms with Gasteiger partial charge in [-0.25, -0.2) is 4.39 Å². The van der Waals surface area contributed by atoms with Gasteiger partial charge in [0.25, 0.3) is 0 Å². The molecule has 0 heterocycles. The average molecular weight is 286 g/mol. The van der Waals surface area contributed by atoms with E-state index in [9.17, 15) is 4.39 Å². The molecule has 0 bridgehead atoms. The molecule has 0 saturated heterocycles. The smallest absolute Gasteiger partial charge is 0.146 e. The summed E-state index contributed by atoms with van der Waals surface area (Å²) in [5, 5.41) is 0. The highest BCUT2D eigenvalue weighted by Crippen LogP contribution is 2.30. The van der Waals surface area contributed by atoms with Crippen molar-refractivity contribution in [2.75, 3.05) is 18.5 Å². The summed E-state index contributed by atoms with van der Waals surface area (Å²) in [6.45, 7) is 6.72. The highest BCUT2D eigenvalue weighted by molar-refractivity contribution is 5.51. The van der Waals surface area contributed by atoms with Gasteiger partial charge in [-0.3, -0.25) is 0 Å². The molecule has 0 fully saturated rings. The SMILES string of the molecule is Cc1cc(C)c(C(CN)N(C)c2ccccc2F)cc1C. The topological polar surface area (TPSA) is 29.3 Å². The van der Waals surface area contributed by atoms with E-state index >= 15 is 0 Å². The number of para-hydroxylation sites is 1. The molecule has 2 aromatic carbocycles. The van der Waals surface area contributed by atoms with Gasteiger partial charge < -0.3 is 10.6 Å². The molecule has 0 aliphatic carbocycles. The first-order valence-electron chi connectivity index (χ1n) is 7.21. The number of halogens is 1. The summed E-state index contributed by atoms with van der Waals surface area (Å²) in [5.41, 5.74) is 11.4. The Kier molecular flexibility index (Phi) is 4.63. The van der Waals surface area contributed by atoms with Crippen LogP contribution in [0.3, 0.4) is 0 Å². The molecule has 1 atom stereocenters. The summed E-state index contributed by atoms with van der Waals surface area (Å²) in [7, 11) is 1.89. The number of nitrogens with two attached hydrogens (primary N) is 1. The van der Waals surface area contributed by atoms with Crippen LogP contribution in [0.5, 0.6) is 0 Å². The zero-order valence-electron chi connectivity index (χ0n) is 13.2. The van der Waals surface area contributed by atoms with Crippen LogP contribution in [0.25, 0.3) is 0 Å². The fourth-order valence-electron chi connectivity index (χ4n) is 2.74. The molecule has 112 valence electrons. The fraction of sp³-hybridized carbons (Fsp3) is 0.333. The molecular formula is C18H23FN2. The number of anilines is 1. The van der Waals surface area contributed by atoms with Gasteiger partial charge in [0.05, 0.1) is 11.7 Å². The molecule has 0 radical (unpaired) electrons. The zero-order chi connectivity index (χ0) is 15.6. The summed E-state index contributed by atoms with van der Waals surface area (Å²) in [4.78, 5) is 1.92. The van der Waals surface area contributed by atoms with Gasteiger partial charge in [-0.2, -0.15) is 0 Å². The number of benzene rings is 2.